The molecule has 276 valence electrons. The van der Waals surface area contributed by atoms with E-state index in [1.165, 1.54) is 0 Å². The Morgan fingerprint density at radius 3 is 1.00 bits per heavy atom. The topological polar surface area (TPSA) is 95.0 Å². The number of carbonyl (C=O) groups excluding carboxylic acids is 1. The first-order chi connectivity index (χ1) is 19.5. The predicted octanol–water partition coefficient (Wildman–Crippen LogP) is 5.33. The summed E-state index contributed by atoms with van der Waals surface area (Å²) in [5.41, 5.74) is 0. The molecule has 0 rings (SSSR count). The fourth-order valence-corrected chi connectivity index (χ4v) is 3.52. The number of hydrogen-bond donors (Lipinski definition) is 1. The van der Waals surface area contributed by atoms with Crippen molar-refractivity contribution in [3.63, 3.8) is 0 Å². The van der Waals surface area contributed by atoms with E-state index in [2.05, 4.69) is 0 Å². The number of amides is 1. The molecule has 0 aliphatic carbocycles. The molecule has 0 saturated heterocycles. The van der Waals surface area contributed by atoms with E-state index in [0.717, 1.165) is 0 Å². The molecule has 0 heterocycles. The first kappa shape index (κ1) is 51.5. The number of carboxylic acid groups (broad SMARTS) is 1. The first-order valence-corrected chi connectivity index (χ1v) is 10.7. The van der Waals surface area contributed by atoms with Crippen LogP contribution < -0.4 is 0 Å². The number of carbonyl (C=O) groups is 2. The summed E-state index contributed by atoms with van der Waals surface area (Å²) < 4.78 is 349. The molecule has 35 heteroatoms. The average molecular weight is 818 g/mol. The van der Waals surface area contributed by atoms with E-state index in [1.807, 2.05) is 0 Å². The van der Waals surface area contributed by atoms with Crippen LogP contribution in [-0.4, -0.2) is 159 Å². The normalized spacial score (nSPS) is 16.5. The molecular weight excluding hydrogens is 817 g/mol. The van der Waals surface area contributed by atoms with Gasteiger partial charge in [-0.3, -0.25) is 4.79 Å². The quantitative estimate of drug-likeness (QED) is 0.118. The van der Waals surface area contributed by atoms with Crippen LogP contribution in [0.3, 0.4) is 0 Å². The van der Waals surface area contributed by atoms with Gasteiger partial charge in [0.1, 0.15) is 0 Å². The van der Waals surface area contributed by atoms with Crippen LogP contribution in [0.2, 0.25) is 0 Å². The number of nitrogens with zero attached hydrogens (tertiary/aromatic N) is 2. The molecule has 48 heavy (non-hydrogen) atoms. The molecule has 2 radical (unpaired) electrons. The van der Waals surface area contributed by atoms with Crippen molar-refractivity contribution in [3.05, 3.63) is 0 Å². The zero-order valence-corrected chi connectivity index (χ0v) is 26.1. The average Bonchev–Trinajstić information content (AvgIpc) is 2.84. The van der Waals surface area contributed by atoms with Gasteiger partial charge in [0.15, 0.2) is 0 Å². The van der Waals surface area contributed by atoms with Crippen molar-refractivity contribution in [3.8, 4) is 0 Å². The molecule has 0 bridgehead atoms. The van der Waals surface area contributed by atoms with Gasteiger partial charge in [-0.15, -0.1) is 4.48 Å². The number of carboxylic acids is 1. The summed E-state index contributed by atoms with van der Waals surface area (Å²) >= 11 is 0. The third kappa shape index (κ3) is 6.40. The number of rotatable bonds is 13. The molecule has 0 unspecified atom stereocenters. The predicted molar refractivity (Wildman–Crippen MR) is 94.5 cm³/mol. The van der Waals surface area contributed by atoms with Gasteiger partial charge in [0.25, 0.3) is 0 Å². The van der Waals surface area contributed by atoms with Gasteiger partial charge in [0.05, 0.1) is 0 Å². The van der Waals surface area contributed by atoms with E-state index in [0.29, 0.717) is 0 Å². The molecule has 0 aliphatic rings. The molecule has 0 spiro atoms. The van der Waals surface area contributed by atoms with Crippen molar-refractivity contribution in [1.29, 1.82) is 0 Å². The van der Waals surface area contributed by atoms with Gasteiger partial charge in [-0.1, -0.05) is 8.96 Å². The van der Waals surface area contributed by atoms with Crippen molar-refractivity contribution in [2.45, 2.75) is 64.6 Å². The Morgan fingerprint density at radius 2 is 0.750 bits per heavy atom. The number of alkyl halides is 22. The summed E-state index contributed by atoms with van der Waals surface area (Å²) in [6.07, 6.45) is -8.24. The molecular formula is C13HF25N2Na2O5S. The summed E-state index contributed by atoms with van der Waals surface area (Å²) in [6.45, 7) is 0. The van der Waals surface area contributed by atoms with Gasteiger partial charge in [-0.05, 0) is 0 Å². The van der Waals surface area contributed by atoms with Crippen LogP contribution >= 0.6 is 0 Å². The molecule has 0 saturated carbocycles. The Kier molecular flexibility index (Phi) is 14.6. The summed E-state index contributed by atoms with van der Waals surface area (Å²) in [5.74, 6) is -91.1. The third-order valence-electron chi connectivity index (χ3n) is 4.99. The number of sulfonamides is 1. The van der Waals surface area contributed by atoms with Crippen molar-refractivity contribution in [1.82, 2.24) is 9.87 Å². The van der Waals surface area contributed by atoms with E-state index < -0.39 is 96.4 Å². The molecule has 1 amide bonds. The zero-order valence-electron chi connectivity index (χ0n) is 21.3. The summed E-state index contributed by atoms with van der Waals surface area (Å²) in [7, 11) is -10.0. The Hall–Kier alpha value is -0.900. The van der Waals surface area contributed by atoms with E-state index in [4.69, 9.17) is 5.11 Å². The van der Waals surface area contributed by atoms with Crippen molar-refractivity contribution in [2.75, 3.05) is 0 Å². The van der Waals surface area contributed by atoms with Crippen molar-refractivity contribution < 1.29 is 133 Å². The van der Waals surface area contributed by atoms with Crippen LogP contribution in [-0.2, 0) is 19.6 Å². The maximum absolute atomic E-state index is 14.3. The maximum atomic E-state index is 14.3. The Bertz CT molecular complexity index is 1320. The number of halogens is 25. The van der Waals surface area contributed by atoms with E-state index in [9.17, 15) is 128 Å². The molecule has 7 nitrogen and oxygen atoms in total. The van der Waals surface area contributed by atoms with Crippen molar-refractivity contribution in [2.24, 2.45) is 0 Å². The molecule has 0 aliphatic heterocycles. The fraction of sp³-hybridized carbons (Fsp3) is 0.846. The smallest absolute Gasteiger partial charge is 0.460 e. The molecule has 0 aromatic heterocycles. The molecule has 0 aromatic carbocycles. The standard InChI is InChI=1S/C13HF25N2O5S.2Na/c14-3(15,1(41)39(36)37)5(17,18)4(16,2(42)43)40(38)46(44,45)13(34,35)11(29,30)9(25,26)7(21,22)6(19,20)8(23,24)10(27,28)12(31,32)33;;/h(H,42,43);;/t4-;;/m1../s1. The zero-order chi connectivity index (χ0) is 38.3. The molecule has 0 aromatic rings. The minimum absolute atomic E-state index is 0. The second kappa shape index (κ2) is 13.6. The van der Waals surface area contributed by atoms with Gasteiger partial charge < -0.3 is 5.11 Å². The van der Waals surface area contributed by atoms with Crippen LogP contribution in [0.5, 0.6) is 0 Å². The SMILES string of the molecule is O=C(N(F)F)C(F)(F)C(F)(F)[C@@](F)(C(=O)O)N(F)S(=O)(=O)C(F)(F)C(F)(F)C(F)(F)C(F)(F)C(F)(F)C(F)(F)C(F)(F)C(F)(F)F.[Na].[Na]. The summed E-state index contributed by atoms with van der Waals surface area (Å²) in [4.78, 5) is 21.1. The second-order valence-corrected chi connectivity index (χ2v) is 9.58. The van der Waals surface area contributed by atoms with Crippen LogP contribution in [0.25, 0.3) is 0 Å². The monoisotopic (exact) mass is 818 g/mol. The fourth-order valence-electron chi connectivity index (χ4n) is 2.35. The van der Waals surface area contributed by atoms with E-state index in [1.54, 1.807) is 0 Å². The van der Waals surface area contributed by atoms with Crippen LogP contribution in [0, 0.1) is 0 Å². The minimum Gasteiger partial charge on any atom is -0.478 e. The maximum Gasteiger partial charge on any atom is 0.460 e. The minimum atomic E-state index is -10.0. The molecule has 0 fully saturated rings. The summed E-state index contributed by atoms with van der Waals surface area (Å²) in [6, 6.07) is 0. The Balaban J connectivity index is -0.0000101. The van der Waals surface area contributed by atoms with Crippen molar-refractivity contribution >= 4 is 81.0 Å². The van der Waals surface area contributed by atoms with E-state index in [-0.39, 0.29) is 59.1 Å². The summed E-state index contributed by atoms with van der Waals surface area (Å²) in [5, 5.41) is -4.93. The second-order valence-electron chi connectivity index (χ2n) is 7.79. The van der Waals surface area contributed by atoms with Gasteiger partial charge >= 0.3 is 86.5 Å². The van der Waals surface area contributed by atoms with Gasteiger partial charge in [-0.2, -0.15) is 92.2 Å². The van der Waals surface area contributed by atoms with Gasteiger partial charge in [0, 0.05) is 69.0 Å². The first-order valence-electron chi connectivity index (χ1n) is 9.21. The van der Waals surface area contributed by atoms with Crippen LogP contribution in [0.1, 0.15) is 0 Å². The Labute approximate surface area is 287 Å². The Morgan fingerprint density at radius 1 is 0.479 bits per heavy atom. The van der Waals surface area contributed by atoms with Gasteiger partial charge in [0.2, 0.25) is 0 Å². The van der Waals surface area contributed by atoms with Gasteiger partial charge in [-0.25, -0.2) is 17.6 Å². The third-order valence-corrected chi connectivity index (χ3v) is 6.56. The molecule has 1 N–H and O–H groups in total. The van der Waals surface area contributed by atoms with Crippen LogP contribution in [0.4, 0.5) is 110 Å². The van der Waals surface area contributed by atoms with E-state index >= 15 is 0 Å². The number of aliphatic carboxylic acids is 1. The molecule has 1 atom stereocenters. The number of hydrogen-bond acceptors (Lipinski definition) is 4. The van der Waals surface area contributed by atoms with Crippen LogP contribution in [0.15, 0.2) is 0 Å². The largest absolute Gasteiger partial charge is 0.478 e.